The molecule has 0 spiro atoms. The van der Waals surface area contributed by atoms with E-state index in [9.17, 15) is 8.42 Å². The highest BCUT2D eigenvalue weighted by molar-refractivity contribution is 7.90. The van der Waals surface area contributed by atoms with Crippen LogP contribution < -0.4 is 14.8 Å². The van der Waals surface area contributed by atoms with Gasteiger partial charge in [0.2, 0.25) is 21.9 Å². The molecule has 0 amide bonds. The first kappa shape index (κ1) is 21.6. The summed E-state index contributed by atoms with van der Waals surface area (Å²) in [4.78, 5) is 8.71. The van der Waals surface area contributed by atoms with Crippen LogP contribution in [0.25, 0.3) is 0 Å². The third-order valence-corrected chi connectivity index (χ3v) is 5.49. The number of ether oxygens (including phenoxy) is 1. The first-order valence-electron chi connectivity index (χ1n) is 9.06. The molecule has 0 radical (unpaired) electrons. The average molecular weight is 373 g/mol. The lowest BCUT2D eigenvalue weighted by molar-refractivity contribution is 0.297. The number of nitrogens with one attached hydrogen (secondary N) is 2. The zero-order valence-corrected chi connectivity index (χ0v) is 16.7. The van der Waals surface area contributed by atoms with Crippen molar-refractivity contribution < 1.29 is 13.2 Å². The Morgan fingerprint density at radius 3 is 2.52 bits per heavy atom. The van der Waals surface area contributed by atoms with Gasteiger partial charge in [0.25, 0.3) is 0 Å². The topological polar surface area (TPSA) is 93.2 Å². The fraction of sp³-hybridized carbons (Fsp3) is 0.765. The second kappa shape index (κ2) is 11.3. The second-order valence-electron chi connectivity index (χ2n) is 6.35. The van der Waals surface area contributed by atoms with Crippen LogP contribution in [0.15, 0.2) is 6.07 Å². The number of aryl methyl sites for hydroxylation is 1. The summed E-state index contributed by atoms with van der Waals surface area (Å²) < 4.78 is 31.5. The molecule has 0 unspecified atom stereocenters. The van der Waals surface area contributed by atoms with E-state index in [0.29, 0.717) is 25.0 Å². The van der Waals surface area contributed by atoms with Crippen LogP contribution in [0.2, 0.25) is 0 Å². The summed E-state index contributed by atoms with van der Waals surface area (Å²) in [6.45, 7) is 9.28. The molecule has 1 rings (SSSR count). The lowest BCUT2D eigenvalue weighted by atomic mass is 10.2. The van der Waals surface area contributed by atoms with E-state index in [0.717, 1.165) is 44.3 Å². The number of rotatable bonds is 13. The zero-order valence-electron chi connectivity index (χ0n) is 15.8. The summed E-state index contributed by atoms with van der Waals surface area (Å²) in [6, 6.07) is 1.83. The quantitative estimate of drug-likeness (QED) is 0.517. The maximum absolute atomic E-state index is 11.6. The molecule has 0 bridgehead atoms. The Hall–Kier alpha value is -1.41. The third kappa shape index (κ3) is 9.02. The molecule has 0 fully saturated rings. The Kier molecular flexibility index (Phi) is 9.74. The maximum Gasteiger partial charge on any atom is 0.226 e. The molecule has 1 aromatic heterocycles. The van der Waals surface area contributed by atoms with Crippen molar-refractivity contribution in [2.24, 2.45) is 0 Å². The van der Waals surface area contributed by atoms with E-state index in [1.165, 1.54) is 0 Å². The molecular formula is C17H32N4O3S. The highest BCUT2D eigenvalue weighted by Gasteiger charge is 2.13. The van der Waals surface area contributed by atoms with Gasteiger partial charge in [-0.1, -0.05) is 19.8 Å². The molecule has 0 aromatic carbocycles. The van der Waals surface area contributed by atoms with Gasteiger partial charge in [-0.05, 0) is 40.0 Å². The third-order valence-electron chi connectivity index (χ3n) is 3.64. The number of hydrogen-bond acceptors (Lipinski definition) is 6. The van der Waals surface area contributed by atoms with E-state index in [-0.39, 0.29) is 5.25 Å². The van der Waals surface area contributed by atoms with Gasteiger partial charge in [-0.15, -0.1) is 0 Å². The number of nitrogens with zero attached hydrogens (tertiary/aromatic N) is 2. The van der Waals surface area contributed by atoms with Gasteiger partial charge in [-0.3, -0.25) is 0 Å². The molecule has 7 nitrogen and oxygen atoms in total. The molecule has 1 aromatic rings. The Morgan fingerprint density at radius 2 is 1.84 bits per heavy atom. The van der Waals surface area contributed by atoms with Crippen LogP contribution in [-0.4, -0.2) is 43.3 Å². The standard InChI is InChI=1S/C17H32N4O3S/c1-5-6-12-24-16-13-15(4)20-17(21-16)18-10-8-7-9-11-19-25(22,23)14(2)3/h13-14,19H,5-12H2,1-4H3,(H,18,20,21). The van der Waals surface area contributed by atoms with Gasteiger partial charge in [0.15, 0.2) is 0 Å². The number of unbranched alkanes of at least 4 members (excludes halogenated alkanes) is 3. The highest BCUT2D eigenvalue weighted by atomic mass is 32.2. The summed E-state index contributed by atoms with van der Waals surface area (Å²) in [5.74, 6) is 1.18. The Balaban J connectivity index is 2.25. The van der Waals surface area contributed by atoms with Gasteiger partial charge in [-0.2, -0.15) is 4.98 Å². The van der Waals surface area contributed by atoms with Gasteiger partial charge < -0.3 is 10.1 Å². The van der Waals surface area contributed by atoms with Crippen molar-refractivity contribution in [3.8, 4) is 5.88 Å². The van der Waals surface area contributed by atoms with E-state index < -0.39 is 10.0 Å². The number of aromatic nitrogens is 2. The minimum Gasteiger partial charge on any atom is -0.478 e. The molecule has 0 aliphatic rings. The van der Waals surface area contributed by atoms with Gasteiger partial charge in [0.1, 0.15) is 0 Å². The number of hydrogen-bond donors (Lipinski definition) is 2. The van der Waals surface area contributed by atoms with E-state index in [1.807, 2.05) is 13.0 Å². The summed E-state index contributed by atoms with van der Waals surface area (Å²) in [5, 5.41) is 2.81. The van der Waals surface area contributed by atoms with Gasteiger partial charge in [0.05, 0.1) is 11.9 Å². The van der Waals surface area contributed by atoms with Crippen molar-refractivity contribution in [1.82, 2.24) is 14.7 Å². The summed E-state index contributed by atoms with van der Waals surface area (Å²) in [5.41, 5.74) is 0.868. The first-order chi connectivity index (χ1) is 11.8. The summed E-state index contributed by atoms with van der Waals surface area (Å²) >= 11 is 0. The zero-order chi connectivity index (χ0) is 18.7. The van der Waals surface area contributed by atoms with Gasteiger partial charge in [-0.25, -0.2) is 18.1 Å². The van der Waals surface area contributed by atoms with Crippen LogP contribution in [0.1, 0.15) is 58.6 Å². The van der Waals surface area contributed by atoms with Crippen LogP contribution in [0.3, 0.4) is 0 Å². The molecule has 8 heteroatoms. The summed E-state index contributed by atoms with van der Waals surface area (Å²) in [6.07, 6.45) is 4.76. The molecule has 25 heavy (non-hydrogen) atoms. The summed E-state index contributed by atoms with van der Waals surface area (Å²) in [7, 11) is -3.15. The Morgan fingerprint density at radius 1 is 1.12 bits per heavy atom. The molecule has 0 saturated heterocycles. The van der Waals surface area contributed by atoms with E-state index in [4.69, 9.17) is 4.74 Å². The fourth-order valence-corrected chi connectivity index (χ4v) is 2.78. The normalized spacial score (nSPS) is 11.7. The van der Waals surface area contributed by atoms with Crippen molar-refractivity contribution in [2.45, 2.75) is 65.0 Å². The van der Waals surface area contributed by atoms with Gasteiger partial charge >= 0.3 is 0 Å². The van der Waals surface area contributed by atoms with Crippen LogP contribution in [-0.2, 0) is 10.0 Å². The predicted molar refractivity (Wildman–Crippen MR) is 102 cm³/mol. The van der Waals surface area contributed by atoms with Crippen LogP contribution in [0.5, 0.6) is 5.88 Å². The van der Waals surface area contributed by atoms with Crippen molar-refractivity contribution >= 4 is 16.0 Å². The lowest BCUT2D eigenvalue weighted by Crippen LogP contribution is -2.31. The van der Waals surface area contributed by atoms with E-state index in [1.54, 1.807) is 13.8 Å². The number of anilines is 1. The molecule has 0 atom stereocenters. The van der Waals surface area contributed by atoms with Gasteiger partial charge in [0, 0.05) is 24.8 Å². The van der Waals surface area contributed by atoms with Crippen LogP contribution in [0.4, 0.5) is 5.95 Å². The first-order valence-corrected chi connectivity index (χ1v) is 10.6. The average Bonchev–Trinajstić information content (AvgIpc) is 2.53. The van der Waals surface area contributed by atoms with Crippen molar-refractivity contribution in [3.05, 3.63) is 11.8 Å². The van der Waals surface area contributed by atoms with Crippen LogP contribution in [0, 0.1) is 6.92 Å². The highest BCUT2D eigenvalue weighted by Crippen LogP contribution is 2.12. The second-order valence-corrected chi connectivity index (χ2v) is 8.67. The molecule has 144 valence electrons. The smallest absolute Gasteiger partial charge is 0.226 e. The Labute approximate surface area is 152 Å². The van der Waals surface area contributed by atoms with Crippen molar-refractivity contribution in [2.75, 3.05) is 25.0 Å². The Bertz CT molecular complexity index is 606. The minimum absolute atomic E-state index is 0.388. The van der Waals surface area contributed by atoms with Crippen molar-refractivity contribution in [1.29, 1.82) is 0 Å². The predicted octanol–water partition coefficient (Wildman–Crippen LogP) is 2.87. The minimum atomic E-state index is -3.15. The molecule has 1 heterocycles. The van der Waals surface area contributed by atoms with Crippen LogP contribution >= 0.6 is 0 Å². The fourth-order valence-electron chi connectivity index (χ4n) is 2.02. The molecular weight excluding hydrogens is 340 g/mol. The monoisotopic (exact) mass is 372 g/mol. The number of sulfonamides is 1. The maximum atomic E-state index is 11.6. The van der Waals surface area contributed by atoms with E-state index in [2.05, 4.69) is 26.9 Å². The molecule has 0 aliphatic carbocycles. The molecule has 0 saturated carbocycles. The molecule has 2 N–H and O–H groups in total. The largest absolute Gasteiger partial charge is 0.478 e. The van der Waals surface area contributed by atoms with Crippen molar-refractivity contribution in [3.63, 3.8) is 0 Å². The SMILES string of the molecule is CCCCOc1cc(C)nc(NCCCCCNS(=O)(=O)C(C)C)n1. The van der Waals surface area contributed by atoms with E-state index >= 15 is 0 Å². The molecule has 0 aliphatic heterocycles. The lowest BCUT2D eigenvalue weighted by Gasteiger charge is -2.10.